The van der Waals surface area contributed by atoms with Crippen LogP contribution in [-0.2, 0) is 29.2 Å². The van der Waals surface area contributed by atoms with E-state index in [1.807, 2.05) is 6.07 Å². The second-order valence-corrected chi connectivity index (χ2v) is 8.41. The molecule has 9 nitrogen and oxygen atoms in total. The fourth-order valence-corrected chi connectivity index (χ4v) is 4.98. The molecule has 1 atom stereocenters. The number of fused-ring (bicyclic) bond motifs is 3. The first kappa shape index (κ1) is 19.7. The van der Waals surface area contributed by atoms with Gasteiger partial charge in [0.2, 0.25) is 5.91 Å². The number of carbonyl (C=O) groups is 1. The summed E-state index contributed by atoms with van der Waals surface area (Å²) in [6.07, 6.45) is 4.68. The van der Waals surface area contributed by atoms with Crippen molar-refractivity contribution in [3.05, 3.63) is 63.3 Å². The summed E-state index contributed by atoms with van der Waals surface area (Å²) < 4.78 is 13.8. The van der Waals surface area contributed by atoms with Crippen molar-refractivity contribution in [2.24, 2.45) is 0 Å². The molecular weight excluding hydrogens is 420 g/mol. The van der Waals surface area contributed by atoms with Crippen LogP contribution in [0.2, 0.25) is 0 Å². The number of aromatic nitrogens is 3. The molecule has 0 aliphatic carbocycles. The Kier molecular flexibility index (Phi) is 5.16. The molecule has 4 aromatic rings. The highest BCUT2D eigenvalue weighted by atomic mass is 32.1. The third-order valence-electron chi connectivity index (χ3n) is 5.36. The van der Waals surface area contributed by atoms with Crippen molar-refractivity contribution >= 4 is 37.7 Å². The Morgan fingerprint density at radius 1 is 1.26 bits per heavy atom. The minimum atomic E-state index is -0.523. The Balaban J connectivity index is 1.59. The maximum atomic E-state index is 13.4. The monoisotopic (exact) mass is 440 g/mol. The van der Waals surface area contributed by atoms with Gasteiger partial charge in [-0.15, -0.1) is 11.3 Å². The van der Waals surface area contributed by atoms with Crippen LogP contribution in [0.15, 0.2) is 50.7 Å². The molecule has 31 heavy (non-hydrogen) atoms. The number of rotatable bonds is 6. The molecule has 0 bridgehead atoms. The number of hydrogen-bond acceptors (Lipinski definition) is 7. The van der Waals surface area contributed by atoms with Crippen molar-refractivity contribution in [3.63, 3.8) is 0 Å². The molecule has 1 aliphatic rings. The molecule has 0 radical (unpaired) electrons. The first-order valence-corrected chi connectivity index (χ1v) is 10.8. The lowest BCUT2D eigenvalue weighted by Crippen LogP contribution is -2.44. The van der Waals surface area contributed by atoms with Crippen LogP contribution >= 0.6 is 11.3 Å². The van der Waals surface area contributed by atoms with E-state index in [0.29, 0.717) is 32.8 Å². The van der Waals surface area contributed by atoms with Gasteiger partial charge in [0.05, 0.1) is 31.0 Å². The first-order chi connectivity index (χ1) is 15.1. The first-order valence-electron chi connectivity index (χ1n) is 10.0. The predicted octanol–water partition coefficient (Wildman–Crippen LogP) is 1.86. The van der Waals surface area contributed by atoms with Gasteiger partial charge in [-0.3, -0.25) is 18.7 Å². The minimum Gasteiger partial charge on any atom is -0.467 e. The zero-order chi connectivity index (χ0) is 21.4. The SMILES string of the molecule is O=C(Cn1c(=O)n(C[C@@H]2CCCO2)c(=O)c2sc3ncccc3c21)NCc1ccco1. The van der Waals surface area contributed by atoms with E-state index in [2.05, 4.69) is 10.3 Å². The fraction of sp³-hybridized carbons (Fsp3) is 0.333. The molecule has 1 amide bonds. The van der Waals surface area contributed by atoms with E-state index in [1.165, 1.54) is 26.7 Å². The molecular formula is C21H20N4O5S. The lowest BCUT2D eigenvalue weighted by Gasteiger charge is -2.15. The molecule has 1 aliphatic heterocycles. The molecule has 5 heterocycles. The summed E-state index contributed by atoms with van der Waals surface area (Å²) in [4.78, 5) is 44.2. The van der Waals surface area contributed by atoms with Crippen LogP contribution in [0.5, 0.6) is 0 Å². The number of ether oxygens (including phenoxy) is 1. The lowest BCUT2D eigenvalue weighted by molar-refractivity contribution is -0.121. The Morgan fingerprint density at radius 2 is 2.16 bits per heavy atom. The van der Waals surface area contributed by atoms with Gasteiger partial charge in [0, 0.05) is 18.2 Å². The molecule has 1 N–H and O–H groups in total. The fourth-order valence-electron chi connectivity index (χ4n) is 3.88. The number of hydrogen-bond donors (Lipinski definition) is 1. The molecule has 0 saturated carbocycles. The standard InChI is InChI=1S/C21H20N4O5S/c26-16(23-10-13-4-2-8-29-13)12-24-17-15-6-1-7-22-19(15)31-18(17)20(27)25(21(24)28)11-14-5-3-9-30-14/h1-2,4,6-8,14H,3,5,9-12H2,(H,23,26)/t14-/m0/s1. The largest absolute Gasteiger partial charge is 0.467 e. The van der Waals surface area contributed by atoms with E-state index in [9.17, 15) is 14.4 Å². The topological polar surface area (TPSA) is 108 Å². The van der Waals surface area contributed by atoms with Gasteiger partial charge in [0.15, 0.2) is 0 Å². The van der Waals surface area contributed by atoms with Crippen LogP contribution in [-0.4, -0.2) is 32.7 Å². The van der Waals surface area contributed by atoms with Crippen LogP contribution in [0.4, 0.5) is 0 Å². The molecule has 10 heteroatoms. The van der Waals surface area contributed by atoms with Crippen LogP contribution in [0.25, 0.3) is 20.4 Å². The summed E-state index contributed by atoms with van der Waals surface area (Å²) in [7, 11) is 0. The molecule has 0 unspecified atom stereocenters. The number of amides is 1. The van der Waals surface area contributed by atoms with E-state index in [1.54, 1.807) is 24.4 Å². The summed E-state index contributed by atoms with van der Waals surface area (Å²) in [5.74, 6) is 0.254. The normalized spacial score (nSPS) is 16.3. The van der Waals surface area contributed by atoms with Gasteiger partial charge < -0.3 is 14.5 Å². The van der Waals surface area contributed by atoms with Crippen molar-refractivity contribution in [2.45, 2.75) is 38.6 Å². The summed E-state index contributed by atoms with van der Waals surface area (Å²) in [6, 6.07) is 7.05. The highest BCUT2D eigenvalue weighted by molar-refractivity contribution is 7.25. The smallest absolute Gasteiger partial charge is 0.332 e. The summed E-state index contributed by atoms with van der Waals surface area (Å²) in [6.45, 7) is 0.787. The Morgan fingerprint density at radius 3 is 2.94 bits per heavy atom. The highest BCUT2D eigenvalue weighted by Gasteiger charge is 2.23. The third kappa shape index (κ3) is 3.68. The summed E-state index contributed by atoms with van der Waals surface area (Å²) in [5.41, 5.74) is -0.449. The molecule has 0 aromatic carbocycles. The number of nitrogens with one attached hydrogen (secondary N) is 1. The maximum Gasteiger partial charge on any atom is 0.332 e. The van der Waals surface area contributed by atoms with E-state index < -0.39 is 5.69 Å². The quantitative estimate of drug-likeness (QED) is 0.490. The second-order valence-electron chi connectivity index (χ2n) is 7.41. The van der Waals surface area contributed by atoms with Gasteiger partial charge >= 0.3 is 5.69 Å². The number of carbonyl (C=O) groups excluding carboxylic acids is 1. The Bertz CT molecular complexity index is 1360. The Hall–Kier alpha value is -3.24. The van der Waals surface area contributed by atoms with Gasteiger partial charge in [0.1, 0.15) is 21.8 Å². The van der Waals surface area contributed by atoms with E-state index in [4.69, 9.17) is 9.15 Å². The average Bonchev–Trinajstić information content (AvgIpc) is 3.53. The van der Waals surface area contributed by atoms with E-state index in [0.717, 1.165) is 12.8 Å². The van der Waals surface area contributed by atoms with Crippen molar-refractivity contribution in [1.82, 2.24) is 19.4 Å². The van der Waals surface area contributed by atoms with Gasteiger partial charge in [-0.25, -0.2) is 9.78 Å². The lowest BCUT2D eigenvalue weighted by atomic mass is 10.2. The molecule has 1 fully saturated rings. The summed E-state index contributed by atoms with van der Waals surface area (Å²) in [5, 5.41) is 3.44. The maximum absolute atomic E-state index is 13.4. The predicted molar refractivity (Wildman–Crippen MR) is 115 cm³/mol. The van der Waals surface area contributed by atoms with Crippen molar-refractivity contribution < 1.29 is 13.9 Å². The van der Waals surface area contributed by atoms with Gasteiger partial charge in [-0.1, -0.05) is 0 Å². The average molecular weight is 440 g/mol. The van der Waals surface area contributed by atoms with Crippen molar-refractivity contribution in [2.75, 3.05) is 6.61 Å². The molecule has 4 aromatic heterocycles. The molecule has 0 spiro atoms. The van der Waals surface area contributed by atoms with Crippen LogP contribution in [0.3, 0.4) is 0 Å². The van der Waals surface area contributed by atoms with E-state index >= 15 is 0 Å². The second kappa shape index (κ2) is 8.12. The zero-order valence-electron chi connectivity index (χ0n) is 16.6. The van der Waals surface area contributed by atoms with E-state index in [-0.39, 0.29) is 37.2 Å². The van der Waals surface area contributed by atoms with Gasteiger partial charge in [-0.05, 0) is 37.1 Å². The highest BCUT2D eigenvalue weighted by Crippen LogP contribution is 2.29. The molecule has 1 saturated heterocycles. The Labute approximate surface area is 179 Å². The van der Waals surface area contributed by atoms with Crippen molar-refractivity contribution in [3.8, 4) is 0 Å². The van der Waals surface area contributed by atoms with Gasteiger partial charge in [0.25, 0.3) is 5.56 Å². The van der Waals surface area contributed by atoms with Crippen LogP contribution < -0.4 is 16.6 Å². The zero-order valence-corrected chi connectivity index (χ0v) is 17.4. The number of furan rings is 1. The number of nitrogens with zero attached hydrogens (tertiary/aromatic N) is 3. The van der Waals surface area contributed by atoms with Crippen LogP contribution in [0.1, 0.15) is 18.6 Å². The van der Waals surface area contributed by atoms with Gasteiger partial charge in [-0.2, -0.15) is 0 Å². The third-order valence-corrected chi connectivity index (χ3v) is 6.45. The van der Waals surface area contributed by atoms with Crippen molar-refractivity contribution in [1.29, 1.82) is 0 Å². The number of thiophene rings is 1. The summed E-state index contributed by atoms with van der Waals surface area (Å²) >= 11 is 1.23. The number of pyridine rings is 1. The minimum absolute atomic E-state index is 0.170. The molecule has 160 valence electrons. The molecule has 5 rings (SSSR count). The van der Waals surface area contributed by atoms with Crippen LogP contribution in [0, 0.1) is 0 Å².